The van der Waals surface area contributed by atoms with E-state index >= 15 is 0 Å². The predicted octanol–water partition coefficient (Wildman–Crippen LogP) is 2.60. The number of hydrogen-bond acceptors (Lipinski definition) is 4. The smallest absolute Gasteiger partial charge is 0.375 e. The zero-order valence-corrected chi connectivity index (χ0v) is 11.6. The molecule has 1 N–H and O–H groups in total. The molecule has 0 aliphatic heterocycles. The Hall–Kier alpha value is -2.63. The Morgan fingerprint density at radius 2 is 1.95 bits per heavy atom. The van der Waals surface area contributed by atoms with Crippen LogP contribution in [-0.4, -0.2) is 17.9 Å². The van der Waals surface area contributed by atoms with Crippen molar-refractivity contribution in [3.05, 3.63) is 59.8 Å². The topological polar surface area (TPSA) is 68.5 Å². The largest absolute Gasteiger partial charge is 0.457 e. The van der Waals surface area contributed by atoms with Crippen molar-refractivity contribution in [1.29, 1.82) is 0 Å². The van der Waals surface area contributed by atoms with E-state index in [1.807, 2.05) is 0 Å². The summed E-state index contributed by atoms with van der Waals surface area (Å²) in [7, 11) is 0. The lowest BCUT2D eigenvalue weighted by Gasteiger charge is -2.17. The van der Waals surface area contributed by atoms with E-state index in [1.54, 1.807) is 6.07 Å². The van der Waals surface area contributed by atoms with E-state index in [9.17, 15) is 14.0 Å². The summed E-state index contributed by atoms with van der Waals surface area (Å²) in [5, 5.41) is 2.78. The van der Waals surface area contributed by atoms with Gasteiger partial charge in [-0.2, -0.15) is 0 Å². The van der Waals surface area contributed by atoms with Gasteiger partial charge in [-0.05, 0) is 37.1 Å². The molecule has 22 heavy (non-hydrogen) atoms. The highest BCUT2D eigenvalue weighted by Gasteiger charge is 2.31. The molecule has 1 fully saturated rings. The van der Waals surface area contributed by atoms with Crippen LogP contribution in [0.3, 0.4) is 0 Å². The first-order valence-electron chi connectivity index (χ1n) is 6.94. The van der Waals surface area contributed by atoms with E-state index < -0.39 is 23.8 Å². The fraction of sp³-hybridized carbons (Fsp3) is 0.250. The number of furan rings is 1. The first-order chi connectivity index (χ1) is 10.6. The standard InChI is InChI=1S/C16H14FNO4/c17-11-5-3-10(4-6-11)14(15(19)18-12-7-8-12)22-16(20)13-2-1-9-21-13/h1-6,9,12,14H,7-8H2,(H,18,19). The van der Waals surface area contributed by atoms with Gasteiger partial charge in [-0.1, -0.05) is 12.1 Å². The molecule has 0 bridgehead atoms. The molecular weight excluding hydrogens is 289 g/mol. The Morgan fingerprint density at radius 1 is 1.23 bits per heavy atom. The van der Waals surface area contributed by atoms with Crippen LogP contribution in [0.2, 0.25) is 0 Å². The van der Waals surface area contributed by atoms with Gasteiger partial charge >= 0.3 is 5.97 Å². The summed E-state index contributed by atoms with van der Waals surface area (Å²) in [6.07, 6.45) is 2.02. The van der Waals surface area contributed by atoms with Gasteiger partial charge in [0.1, 0.15) is 5.82 Å². The molecule has 1 saturated carbocycles. The number of carbonyl (C=O) groups is 2. The normalized spacial score (nSPS) is 15.1. The SMILES string of the molecule is O=C(OC(C(=O)NC1CC1)c1ccc(F)cc1)c1ccco1. The van der Waals surface area contributed by atoms with E-state index in [1.165, 1.54) is 36.6 Å². The molecule has 1 aromatic carbocycles. The number of benzene rings is 1. The molecule has 2 aromatic rings. The predicted molar refractivity (Wildman–Crippen MR) is 74.4 cm³/mol. The Morgan fingerprint density at radius 3 is 2.55 bits per heavy atom. The lowest BCUT2D eigenvalue weighted by Crippen LogP contribution is -2.33. The van der Waals surface area contributed by atoms with Crippen molar-refractivity contribution >= 4 is 11.9 Å². The van der Waals surface area contributed by atoms with E-state index in [0.29, 0.717) is 5.56 Å². The fourth-order valence-electron chi connectivity index (χ4n) is 1.97. The summed E-state index contributed by atoms with van der Waals surface area (Å²) >= 11 is 0. The van der Waals surface area contributed by atoms with Crippen LogP contribution < -0.4 is 5.32 Å². The van der Waals surface area contributed by atoms with E-state index in [-0.39, 0.29) is 11.8 Å². The fourth-order valence-corrected chi connectivity index (χ4v) is 1.97. The van der Waals surface area contributed by atoms with Gasteiger partial charge in [0.25, 0.3) is 5.91 Å². The molecule has 5 nitrogen and oxygen atoms in total. The van der Waals surface area contributed by atoms with Gasteiger partial charge in [0.2, 0.25) is 11.9 Å². The van der Waals surface area contributed by atoms with Crippen molar-refractivity contribution in [2.24, 2.45) is 0 Å². The van der Waals surface area contributed by atoms with Crippen molar-refractivity contribution in [3.8, 4) is 0 Å². The van der Waals surface area contributed by atoms with Crippen LogP contribution >= 0.6 is 0 Å². The summed E-state index contributed by atoms with van der Waals surface area (Å²) in [4.78, 5) is 24.3. The maximum absolute atomic E-state index is 13.0. The van der Waals surface area contributed by atoms with Gasteiger partial charge in [-0.3, -0.25) is 4.79 Å². The average Bonchev–Trinajstić information content (AvgIpc) is 3.15. The summed E-state index contributed by atoms with van der Waals surface area (Å²) in [6.45, 7) is 0. The minimum absolute atomic E-state index is 0.00586. The number of ether oxygens (including phenoxy) is 1. The lowest BCUT2D eigenvalue weighted by atomic mass is 10.1. The Kier molecular flexibility index (Phi) is 3.91. The van der Waals surface area contributed by atoms with E-state index in [0.717, 1.165) is 12.8 Å². The van der Waals surface area contributed by atoms with Crippen LogP contribution in [0.1, 0.15) is 35.1 Å². The van der Waals surface area contributed by atoms with Gasteiger partial charge < -0.3 is 14.5 Å². The monoisotopic (exact) mass is 303 g/mol. The minimum Gasteiger partial charge on any atom is -0.457 e. The Balaban J connectivity index is 1.80. The zero-order chi connectivity index (χ0) is 15.5. The first-order valence-corrected chi connectivity index (χ1v) is 6.94. The van der Waals surface area contributed by atoms with Crippen LogP contribution in [0.25, 0.3) is 0 Å². The first kappa shape index (κ1) is 14.3. The molecule has 0 spiro atoms. The summed E-state index contributed by atoms with van der Waals surface area (Å²) < 4.78 is 23.2. The average molecular weight is 303 g/mol. The van der Waals surface area contributed by atoms with Crippen molar-refractivity contribution < 1.29 is 23.1 Å². The molecule has 1 aliphatic carbocycles. The quantitative estimate of drug-likeness (QED) is 0.862. The number of amides is 1. The highest BCUT2D eigenvalue weighted by molar-refractivity contribution is 5.90. The zero-order valence-electron chi connectivity index (χ0n) is 11.6. The number of hydrogen-bond donors (Lipinski definition) is 1. The van der Waals surface area contributed by atoms with E-state index in [2.05, 4.69) is 5.32 Å². The number of rotatable bonds is 5. The molecule has 0 saturated heterocycles. The van der Waals surface area contributed by atoms with Crippen molar-refractivity contribution in [3.63, 3.8) is 0 Å². The third kappa shape index (κ3) is 3.33. The number of esters is 1. The molecule has 1 amide bonds. The second-order valence-corrected chi connectivity index (χ2v) is 5.10. The number of halogens is 1. The lowest BCUT2D eigenvalue weighted by molar-refractivity contribution is -0.130. The highest BCUT2D eigenvalue weighted by atomic mass is 19.1. The highest BCUT2D eigenvalue weighted by Crippen LogP contribution is 2.24. The van der Waals surface area contributed by atoms with Crippen LogP contribution in [0.4, 0.5) is 4.39 Å². The number of carbonyl (C=O) groups excluding carboxylic acids is 2. The van der Waals surface area contributed by atoms with Crippen LogP contribution in [0.15, 0.2) is 47.1 Å². The molecule has 1 heterocycles. The molecule has 1 aliphatic rings. The maximum atomic E-state index is 13.0. The second-order valence-electron chi connectivity index (χ2n) is 5.10. The van der Waals surface area contributed by atoms with Crippen molar-refractivity contribution in [2.75, 3.05) is 0 Å². The van der Waals surface area contributed by atoms with Gasteiger partial charge in [0, 0.05) is 11.6 Å². The minimum atomic E-state index is -1.14. The van der Waals surface area contributed by atoms with E-state index in [4.69, 9.17) is 9.15 Å². The van der Waals surface area contributed by atoms with Gasteiger partial charge in [-0.15, -0.1) is 0 Å². The van der Waals surface area contributed by atoms with Gasteiger partial charge in [0.15, 0.2) is 0 Å². The Labute approximate surface area is 126 Å². The summed E-state index contributed by atoms with van der Waals surface area (Å²) in [6, 6.07) is 8.39. The molecule has 1 unspecified atom stereocenters. The van der Waals surface area contributed by atoms with Crippen LogP contribution in [0, 0.1) is 5.82 Å². The molecule has 6 heteroatoms. The molecular formula is C16H14FNO4. The molecule has 3 rings (SSSR count). The van der Waals surface area contributed by atoms with Crippen LogP contribution in [-0.2, 0) is 9.53 Å². The van der Waals surface area contributed by atoms with Crippen molar-refractivity contribution in [1.82, 2.24) is 5.32 Å². The van der Waals surface area contributed by atoms with Gasteiger partial charge in [0.05, 0.1) is 6.26 Å². The van der Waals surface area contributed by atoms with Crippen LogP contribution in [0.5, 0.6) is 0 Å². The summed E-state index contributed by atoms with van der Waals surface area (Å²) in [5.74, 6) is -1.59. The second kappa shape index (κ2) is 6.01. The molecule has 1 atom stereocenters. The number of nitrogens with one attached hydrogen (secondary N) is 1. The maximum Gasteiger partial charge on any atom is 0.375 e. The molecule has 114 valence electrons. The third-order valence-electron chi connectivity index (χ3n) is 3.28. The van der Waals surface area contributed by atoms with Crippen molar-refractivity contribution in [2.45, 2.75) is 25.0 Å². The summed E-state index contributed by atoms with van der Waals surface area (Å²) in [5.41, 5.74) is 0.402. The third-order valence-corrected chi connectivity index (χ3v) is 3.28. The van der Waals surface area contributed by atoms with Gasteiger partial charge in [-0.25, -0.2) is 9.18 Å². The Bertz CT molecular complexity index is 662. The molecule has 0 radical (unpaired) electrons. The molecule has 1 aromatic heterocycles.